The number of anilines is 2. The summed E-state index contributed by atoms with van der Waals surface area (Å²) in [4.78, 5) is 0. The molecule has 0 bridgehead atoms. The van der Waals surface area contributed by atoms with Gasteiger partial charge in [-0.2, -0.15) is 0 Å². The highest BCUT2D eigenvalue weighted by Crippen LogP contribution is 2.34. The van der Waals surface area contributed by atoms with Crippen LogP contribution in [-0.4, -0.2) is 0 Å². The van der Waals surface area contributed by atoms with Crippen LogP contribution in [0.1, 0.15) is 52.7 Å². The van der Waals surface area contributed by atoms with Crippen LogP contribution in [0, 0.1) is 10.8 Å². The van der Waals surface area contributed by atoms with Crippen LogP contribution in [0.4, 0.5) is 11.4 Å². The molecule has 44 heavy (non-hydrogen) atoms. The SMILES string of the molecule is CC(C)(C)\C(c1ccccc1)=c1/cccc/c1=C1/Nc2ccccc2N/C1=c1/cccc/c1=C(\c1ccccc1)C(C)(C)C. The van der Waals surface area contributed by atoms with E-state index in [2.05, 4.69) is 186 Å². The molecule has 2 N–H and O–H groups in total. The van der Waals surface area contributed by atoms with Gasteiger partial charge in [0.05, 0.1) is 22.8 Å². The molecule has 0 aliphatic carbocycles. The maximum Gasteiger partial charge on any atom is 0.0710 e. The molecule has 0 atom stereocenters. The van der Waals surface area contributed by atoms with Crippen molar-refractivity contribution < 1.29 is 0 Å². The lowest BCUT2D eigenvalue weighted by Gasteiger charge is -2.28. The van der Waals surface area contributed by atoms with E-state index in [4.69, 9.17) is 0 Å². The Balaban J connectivity index is 1.86. The molecule has 0 radical (unpaired) electrons. The fourth-order valence-electron chi connectivity index (χ4n) is 6.53. The van der Waals surface area contributed by atoms with E-state index in [0.29, 0.717) is 0 Å². The molecule has 0 unspecified atom stereocenters. The summed E-state index contributed by atoms with van der Waals surface area (Å²) in [5, 5.41) is 12.6. The molecule has 220 valence electrons. The van der Waals surface area contributed by atoms with E-state index < -0.39 is 0 Å². The molecule has 0 spiro atoms. The average molecular weight is 575 g/mol. The molecular formula is C42H42N2. The zero-order valence-electron chi connectivity index (χ0n) is 26.7. The van der Waals surface area contributed by atoms with E-state index in [1.807, 2.05) is 0 Å². The van der Waals surface area contributed by atoms with Crippen LogP contribution in [0.2, 0.25) is 0 Å². The van der Waals surface area contributed by atoms with Crippen molar-refractivity contribution in [2.75, 3.05) is 10.6 Å². The summed E-state index contributed by atoms with van der Waals surface area (Å²) in [6.07, 6.45) is 0. The summed E-state index contributed by atoms with van der Waals surface area (Å²) < 4.78 is 0. The second kappa shape index (κ2) is 11.7. The number of hydrogen-bond donors (Lipinski definition) is 2. The zero-order valence-corrected chi connectivity index (χ0v) is 26.7. The van der Waals surface area contributed by atoms with Gasteiger partial charge >= 0.3 is 0 Å². The first-order chi connectivity index (χ1) is 21.1. The van der Waals surface area contributed by atoms with Gasteiger partial charge in [0.15, 0.2) is 0 Å². The normalized spacial score (nSPS) is 17.1. The first-order valence-electron chi connectivity index (χ1n) is 15.6. The lowest BCUT2D eigenvalue weighted by Crippen LogP contribution is -2.40. The molecule has 0 aromatic heterocycles. The Morgan fingerprint density at radius 1 is 0.386 bits per heavy atom. The fraction of sp³-hybridized carbons (Fsp3) is 0.190. The first kappa shape index (κ1) is 29.3. The molecule has 0 fully saturated rings. The molecule has 0 saturated carbocycles. The van der Waals surface area contributed by atoms with E-state index in [1.54, 1.807) is 0 Å². The van der Waals surface area contributed by atoms with E-state index in [0.717, 1.165) is 22.8 Å². The van der Waals surface area contributed by atoms with E-state index in [-0.39, 0.29) is 10.8 Å². The van der Waals surface area contributed by atoms with Crippen LogP contribution in [-0.2, 0) is 0 Å². The van der Waals surface area contributed by atoms with Crippen LogP contribution in [0.5, 0.6) is 0 Å². The number of benzene rings is 5. The Morgan fingerprint density at radius 2 is 0.705 bits per heavy atom. The van der Waals surface area contributed by atoms with Crippen molar-refractivity contribution in [1.82, 2.24) is 0 Å². The minimum absolute atomic E-state index is 0.0867. The number of hydrogen-bond acceptors (Lipinski definition) is 2. The van der Waals surface area contributed by atoms with Gasteiger partial charge in [-0.1, -0.05) is 163 Å². The van der Waals surface area contributed by atoms with Crippen molar-refractivity contribution in [2.45, 2.75) is 41.5 Å². The average Bonchev–Trinajstić information content (AvgIpc) is 3.01. The lowest BCUT2D eigenvalue weighted by atomic mass is 9.80. The van der Waals surface area contributed by atoms with E-state index in [1.165, 1.54) is 43.1 Å². The summed E-state index contributed by atoms with van der Waals surface area (Å²) in [6, 6.07) is 47.8. The Morgan fingerprint density at radius 3 is 1.07 bits per heavy atom. The molecule has 1 heterocycles. The van der Waals surface area contributed by atoms with Crippen molar-refractivity contribution >= 4 is 33.9 Å². The third kappa shape index (κ3) is 5.73. The molecule has 0 saturated heterocycles. The molecule has 2 nitrogen and oxygen atoms in total. The highest BCUT2D eigenvalue weighted by Gasteiger charge is 2.24. The van der Waals surface area contributed by atoms with E-state index >= 15 is 0 Å². The molecule has 0 amide bonds. The lowest BCUT2D eigenvalue weighted by molar-refractivity contribution is 0.563. The van der Waals surface area contributed by atoms with Gasteiger partial charge in [0, 0.05) is 10.4 Å². The quantitative estimate of drug-likeness (QED) is 0.227. The summed E-state index contributed by atoms with van der Waals surface area (Å²) in [7, 11) is 0. The van der Waals surface area contributed by atoms with Gasteiger partial charge in [-0.3, -0.25) is 0 Å². The summed E-state index contributed by atoms with van der Waals surface area (Å²) in [6.45, 7) is 13.9. The number of nitrogens with one attached hydrogen (secondary N) is 2. The van der Waals surface area contributed by atoms with Crippen molar-refractivity contribution in [3.05, 3.63) is 165 Å². The van der Waals surface area contributed by atoms with Crippen LogP contribution < -0.4 is 31.5 Å². The van der Waals surface area contributed by atoms with Gasteiger partial charge in [0.25, 0.3) is 0 Å². The Kier molecular flexibility index (Phi) is 7.78. The number of fused-ring (bicyclic) bond motifs is 1. The van der Waals surface area contributed by atoms with Crippen LogP contribution >= 0.6 is 0 Å². The second-order valence-corrected chi connectivity index (χ2v) is 13.6. The van der Waals surface area contributed by atoms with Crippen molar-refractivity contribution in [3.63, 3.8) is 0 Å². The van der Waals surface area contributed by atoms with E-state index in [9.17, 15) is 0 Å². The summed E-state index contributed by atoms with van der Waals surface area (Å²) >= 11 is 0. The largest absolute Gasteiger partial charge is 0.352 e. The number of rotatable bonds is 2. The topological polar surface area (TPSA) is 24.1 Å². The maximum absolute atomic E-state index is 3.90. The molecule has 6 rings (SSSR count). The van der Waals surface area contributed by atoms with Crippen LogP contribution in [0.3, 0.4) is 0 Å². The predicted molar refractivity (Wildman–Crippen MR) is 189 cm³/mol. The molecule has 5 aromatic rings. The highest BCUT2D eigenvalue weighted by atomic mass is 15.1. The van der Waals surface area contributed by atoms with Crippen LogP contribution in [0.25, 0.3) is 22.5 Å². The Hall–Kier alpha value is -4.82. The molecule has 2 heteroatoms. The summed E-state index contributed by atoms with van der Waals surface area (Å²) in [5.41, 5.74) is 9.24. The third-order valence-electron chi connectivity index (χ3n) is 8.25. The van der Waals surface area contributed by atoms with Crippen molar-refractivity contribution in [2.24, 2.45) is 10.8 Å². The zero-order chi connectivity index (χ0) is 30.9. The third-order valence-corrected chi connectivity index (χ3v) is 8.25. The van der Waals surface area contributed by atoms with Gasteiger partial charge in [-0.15, -0.1) is 0 Å². The standard InChI is InChI=1S/C42H42N2/c1-41(2,3)37(29-19-9-7-10-20-29)31-23-13-15-25-33(31)39-40(44-36-28-18-17-27-35(36)43-39)34-26-16-14-24-32(34)38(42(4,5)6)30-21-11-8-12-22-30/h7-28,43-44H,1-6H3/b37-31-,38-32+,39-33-,40-34-. The van der Waals surface area contributed by atoms with Gasteiger partial charge < -0.3 is 10.6 Å². The minimum atomic E-state index is -0.0867. The van der Waals surface area contributed by atoms with Crippen molar-refractivity contribution in [3.8, 4) is 0 Å². The number of para-hydroxylation sites is 2. The van der Waals surface area contributed by atoms with Gasteiger partial charge in [0.2, 0.25) is 0 Å². The minimum Gasteiger partial charge on any atom is -0.352 e. The fourth-order valence-corrected chi connectivity index (χ4v) is 6.53. The Labute approximate surface area is 261 Å². The van der Waals surface area contributed by atoms with Gasteiger partial charge in [-0.05, 0) is 55.7 Å². The predicted octanol–water partition coefficient (Wildman–Crippen LogP) is 7.63. The first-order valence-corrected chi connectivity index (χ1v) is 15.6. The summed E-state index contributed by atoms with van der Waals surface area (Å²) in [5.74, 6) is 0. The maximum atomic E-state index is 3.90. The van der Waals surface area contributed by atoms with Gasteiger partial charge in [-0.25, -0.2) is 0 Å². The van der Waals surface area contributed by atoms with Crippen LogP contribution in [0.15, 0.2) is 133 Å². The molecule has 1 aliphatic rings. The molecule has 5 aromatic carbocycles. The monoisotopic (exact) mass is 574 g/mol. The molecule has 1 aliphatic heterocycles. The van der Waals surface area contributed by atoms with Gasteiger partial charge in [0.1, 0.15) is 0 Å². The highest BCUT2D eigenvalue weighted by molar-refractivity contribution is 6.06. The smallest absolute Gasteiger partial charge is 0.0710 e. The van der Waals surface area contributed by atoms with Crippen molar-refractivity contribution in [1.29, 1.82) is 0 Å². The Bertz CT molecular complexity index is 1900. The molecular weight excluding hydrogens is 532 g/mol. The second-order valence-electron chi connectivity index (χ2n) is 13.6.